The summed E-state index contributed by atoms with van der Waals surface area (Å²) in [4.78, 5) is 15.4. The molecule has 0 fully saturated rings. The quantitative estimate of drug-likeness (QED) is 0.675. The highest BCUT2D eigenvalue weighted by atomic mass is 16.1. The van der Waals surface area contributed by atoms with Gasteiger partial charge in [0.2, 0.25) is 0 Å². The minimum atomic E-state index is -0.0882. The molecule has 2 aromatic heterocycles. The molecular formula is C18H19N3O. The van der Waals surface area contributed by atoms with Crippen molar-refractivity contribution in [2.75, 3.05) is 0 Å². The minimum Gasteiger partial charge on any atom is -0.296 e. The van der Waals surface area contributed by atoms with E-state index in [1.54, 1.807) is 10.7 Å². The summed E-state index contributed by atoms with van der Waals surface area (Å²) in [5, 5.41) is 4.61. The van der Waals surface area contributed by atoms with Crippen LogP contribution in [0.2, 0.25) is 0 Å². The third-order valence-corrected chi connectivity index (χ3v) is 3.72. The van der Waals surface area contributed by atoms with E-state index in [1.165, 1.54) is 5.56 Å². The van der Waals surface area contributed by atoms with Gasteiger partial charge in [-0.15, -0.1) is 0 Å². The van der Waals surface area contributed by atoms with Crippen molar-refractivity contribution in [2.45, 2.75) is 33.1 Å². The number of nitrogens with zero attached hydrogens (tertiary/aromatic N) is 3. The van der Waals surface area contributed by atoms with Gasteiger partial charge < -0.3 is 0 Å². The molecule has 4 nitrogen and oxygen atoms in total. The second kappa shape index (κ2) is 5.05. The fraction of sp³-hybridized carbons (Fsp3) is 0.278. The molecular weight excluding hydrogens is 274 g/mol. The van der Waals surface area contributed by atoms with Crippen LogP contribution in [0.25, 0.3) is 16.9 Å². The molecule has 0 radical (unpaired) electrons. The Bertz CT molecular complexity index is 839. The zero-order valence-corrected chi connectivity index (χ0v) is 13.3. The molecule has 22 heavy (non-hydrogen) atoms. The summed E-state index contributed by atoms with van der Waals surface area (Å²) in [5.41, 5.74) is 5.28. The predicted octanol–water partition coefficient (Wildman–Crippen LogP) is 3.81. The summed E-state index contributed by atoms with van der Waals surface area (Å²) in [7, 11) is 0. The van der Waals surface area contributed by atoms with E-state index in [4.69, 9.17) is 0 Å². The Morgan fingerprint density at radius 2 is 1.82 bits per heavy atom. The van der Waals surface area contributed by atoms with E-state index in [0.717, 1.165) is 28.8 Å². The van der Waals surface area contributed by atoms with Gasteiger partial charge in [-0.2, -0.15) is 5.10 Å². The van der Waals surface area contributed by atoms with Gasteiger partial charge in [0.05, 0.1) is 11.9 Å². The van der Waals surface area contributed by atoms with Crippen LogP contribution in [0.3, 0.4) is 0 Å². The van der Waals surface area contributed by atoms with Crippen molar-refractivity contribution in [1.82, 2.24) is 14.6 Å². The average Bonchev–Trinajstić information content (AvgIpc) is 2.88. The Hall–Kier alpha value is -2.49. The highest BCUT2D eigenvalue weighted by molar-refractivity contribution is 5.74. The van der Waals surface area contributed by atoms with Gasteiger partial charge in [-0.1, -0.05) is 50.6 Å². The van der Waals surface area contributed by atoms with Crippen molar-refractivity contribution in [3.63, 3.8) is 0 Å². The van der Waals surface area contributed by atoms with Gasteiger partial charge in [-0.3, -0.25) is 4.79 Å². The van der Waals surface area contributed by atoms with Crippen LogP contribution in [0.1, 0.15) is 42.4 Å². The number of carbonyl (C=O) groups excluding carboxylic acids is 1. The average molecular weight is 293 g/mol. The zero-order valence-electron chi connectivity index (χ0n) is 13.3. The number of fused-ring (bicyclic) bond motifs is 1. The zero-order chi connectivity index (χ0) is 15.9. The molecule has 0 bridgehead atoms. The van der Waals surface area contributed by atoms with E-state index >= 15 is 0 Å². The first-order valence-electron chi connectivity index (χ1n) is 7.31. The summed E-state index contributed by atoms with van der Waals surface area (Å²) in [6.07, 6.45) is 2.43. The summed E-state index contributed by atoms with van der Waals surface area (Å²) < 4.78 is 1.71. The largest absolute Gasteiger partial charge is 0.296 e. The van der Waals surface area contributed by atoms with Crippen molar-refractivity contribution >= 4 is 11.9 Å². The minimum absolute atomic E-state index is 0.0882. The number of hydrogen-bond donors (Lipinski definition) is 0. The molecule has 4 heteroatoms. The highest BCUT2D eigenvalue weighted by Gasteiger charge is 2.21. The molecule has 1 aromatic carbocycles. The number of rotatable bonds is 2. The third kappa shape index (κ3) is 2.52. The lowest BCUT2D eigenvalue weighted by atomic mass is 9.87. The lowest BCUT2D eigenvalue weighted by Crippen LogP contribution is -2.14. The topological polar surface area (TPSA) is 47.3 Å². The van der Waals surface area contributed by atoms with Gasteiger partial charge in [-0.05, 0) is 18.4 Å². The highest BCUT2D eigenvalue weighted by Crippen LogP contribution is 2.29. The lowest BCUT2D eigenvalue weighted by molar-refractivity contribution is 0.111. The lowest BCUT2D eigenvalue weighted by Gasteiger charge is -2.20. The van der Waals surface area contributed by atoms with Crippen LogP contribution in [0.4, 0.5) is 0 Å². The molecule has 0 aliphatic carbocycles. The first-order valence-corrected chi connectivity index (χ1v) is 7.31. The summed E-state index contributed by atoms with van der Waals surface area (Å²) >= 11 is 0. The number of aromatic nitrogens is 3. The van der Waals surface area contributed by atoms with E-state index in [-0.39, 0.29) is 5.41 Å². The van der Waals surface area contributed by atoms with E-state index in [0.29, 0.717) is 5.69 Å². The second-order valence-corrected chi connectivity index (χ2v) is 6.61. The molecule has 0 aliphatic heterocycles. The summed E-state index contributed by atoms with van der Waals surface area (Å²) in [6, 6.07) is 10.3. The summed E-state index contributed by atoms with van der Waals surface area (Å²) in [6.45, 7) is 8.47. The molecule has 2 heterocycles. The SMILES string of the molecule is Cc1ccc(-c2cc(C(C)(C)C)c3nc(C=O)cn3n2)cc1. The van der Waals surface area contributed by atoms with Gasteiger partial charge in [0.15, 0.2) is 11.9 Å². The molecule has 0 N–H and O–H groups in total. The second-order valence-electron chi connectivity index (χ2n) is 6.61. The number of aldehydes is 1. The van der Waals surface area contributed by atoms with Crippen LogP contribution >= 0.6 is 0 Å². The smallest absolute Gasteiger partial charge is 0.170 e. The van der Waals surface area contributed by atoms with Gasteiger partial charge in [0.25, 0.3) is 0 Å². The van der Waals surface area contributed by atoms with Crippen molar-refractivity contribution < 1.29 is 4.79 Å². The fourth-order valence-corrected chi connectivity index (χ4v) is 2.47. The van der Waals surface area contributed by atoms with Gasteiger partial charge in [-0.25, -0.2) is 9.50 Å². The Balaban J connectivity index is 2.28. The Kier molecular flexibility index (Phi) is 3.32. The van der Waals surface area contributed by atoms with E-state index in [9.17, 15) is 4.79 Å². The van der Waals surface area contributed by atoms with Crippen LogP contribution in [-0.2, 0) is 5.41 Å². The van der Waals surface area contributed by atoms with E-state index in [2.05, 4.69) is 68.1 Å². The number of carbonyl (C=O) groups is 1. The molecule has 0 atom stereocenters. The van der Waals surface area contributed by atoms with Crippen molar-refractivity contribution in [2.24, 2.45) is 0 Å². The number of imidazole rings is 1. The number of hydrogen-bond acceptors (Lipinski definition) is 3. The van der Waals surface area contributed by atoms with Gasteiger partial charge in [0, 0.05) is 11.1 Å². The fourth-order valence-electron chi connectivity index (χ4n) is 2.47. The van der Waals surface area contributed by atoms with Crippen LogP contribution in [0.15, 0.2) is 36.5 Å². The van der Waals surface area contributed by atoms with E-state index < -0.39 is 0 Å². The van der Waals surface area contributed by atoms with Crippen LogP contribution in [-0.4, -0.2) is 20.9 Å². The molecule has 3 rings (SSSR count). The maximum absolute atomic E-state index is 11.0. The maximum atomic E-state index is 11.0. The molecule has 0 saturated carbocycles. The Labute approximate surface area is 129 Å². The first kappa shape index (κ1) is 14.4. The van der Waals surface area contributed by atoms with Crippen LogP contribution in [0.5, 0.6) is 0 Å². The molecule has 0 amide bonds. The molecule has 112 valence electrons. The van der Waals surface area contributed by atoms with Gasteiger partial charge in [0.1, 0.15) is 5.69 Å². The van der Waals surface area contributed by atoms with Crippen molar-refractivity contribution in [3.05, 3.63) is 53.3 Å². The molecule has 0 aliphatic rings. The van der Waals surface area contributed by atoms with Crippen LogP contribution in [0, 0.1) is 6.92 Å². The Morgan fingerprint density at radius 1 is 1.14 bits per heavy atom. The third-order valence-electron chi connectivity index (χ3n) is 3.72. The van der Waals surface area contributed by atoms with Crippen molar-refractivity contribution in [1.29, 1.82) is 0 Å². The van der Waals surface area contributed by atoms with E-state index in [1.807, 2.05) is 0 Å². The van der Waals surface area contributed by atoms with Crippen LogP contribution < -0.4 is 0 Å². The normalized spacial score (nSPS) is 11.8. The Morgan fingerprint density at radius 3 is 2.41 bits per heavy atom. The monoisotopic (exact) mass is 293 g/mol. The molecule has 0 spiro atoms. The van der Waals surface area contributed by atoms with Gasteiger partial charge >= 0.3 is 0 Å². The molecule has 0 saturated heterocycles. The molecule has 3 aromatic rings. The maximum Gasteiger partial charge on any atom is 0.170 e. The first-order chi connectivity index (χ1) is 10.4. The number of benzene rings is 1. The number of aryl methyl sites for hydroxylation is 1. The summed E-state index contributed by atoms with van der Waals surface area (Å²) in [5.74, 6) is 0. The standard InChI is InChI=1S/C18H19N3O/c1-12-5-7-13(8-6-12)16-9-15(18(2,3)4)17-19-14(11-22)10-21(17)20-16/h5-11H,1-4H3. The predicted molar refractivity (Wildman–Crippen MR) is 87.2 cm³/mol. The molecule has 0 unspecified atom stereocenters. The van der Waals surface area contributed by atoms with Crippen molar-refractivity contribution in [3.8, 4) is 11.3 Å².